The van der Waals surface area contributed by atoms with E-state index in [-0.39, 0.29) is 23.0 Å². The Morgan fingerprint density at radius 3 is 2.15 bits per heavy atom. The number of hydrogen-bond acceptors (Lipinski definition) is 4. The highest BCUT2D eigenvalue weighted by Crippen LogP contribution is 2.41. The average Bonchev–Trinajstić information content (AvgIpc) is 2.67. The molecule has 0 unspecified atom stereocenters. The SMILES string of the molecule is CC(C)(C)O.Cc1ccc(-c2cnc(C)c(CC(=O)O)c2N2CCC(C)(C)CC2)c(F)c1F. The van der Waals surface area contributed by atoms with Crippen molar-refractivity contribution in [3.05, 3.63) is 46.8 Å². The van der Waals surface area contributed by atoms with Crippen LogP contribution in [0.25, 0.3) is 11.1 Å². The lowest BCUT2D eigenvalue weighted by Gasteiger charge is -2.40. The molecule has 7 heteroatoms. The van der Waals surface area contributed by atoms with Gasteiger partial charge >= 0.3 is 5.97 Å². The number of aliphatic hydroxyl groups is 1. The molecule has 1 fully saturated rings. The summed E-state index contributed by atoms with van der Waals surface area (Å²) in [7, 11) is 0. The third-order valence-electron chi connectivity index (χ3n) is 5.69. The summed E-state index contributed by atoms with van der Waals surface area (Å²) < 4.78 is 29.0. The van der Waals surface area contributed by atoms with Gasteiger partial charge in [-0.3, -0.25) is 9.78 Å². The van der Waals surface area contributed by atoms with Gasteiger partial charge in [0.25, 0.3) is 0 Å². The Kier molecular flexibility index (Phi) is 8.22. The van der Waals surface area contributed by atoms with E-state index in [9.17, 15) is 18.7 Å². The molecule has 2 aromatic rings. The monoisotopic (exact) mass is 462 g/mol. The molecular formula is C26H36F2N2O3. The van der Waals surface area contributed by atoms with Crippen LogP contribution in [0.3, 0.4) is 0 Å². The van der Waals surface area contributed by atoms with E-state index >= 15 is 0 Å². The number of hydrogen-bond donors (Lipinski definition) is 2. The molecule has 0 amide bonds. The third kappa shape index (κ3) is 7.22. The van der Waals surface area contributed by atoms with Crippen LogP contribution in [0.5, 0.6) is 0 Å². The second-order valence-corrected chi connectivity index (χ2v) is 10.5. The maximum atomic E-state index is 14.8. The van der Waals surface area contributed by atoms with Gasteiger partial charge in [-0.2, -0.15) is 0 Å². The summed E-state index contributed by atoms with van der Waals surface area (Å²) in [5, 5.41) is 17.9. The summed E-state index contributed by atoms with van der Waals surface area (Å²) in [6.45, 7) is 14.4. The summed E-state index contributed by atoms with van der Waals surface area (Å²) in [6.07, 6.45) is 3.19. The molecule has 0 saturated carbocycles. The van der Waals surface area contributed by atoms with Gasteiger partial charge in [-0.1, -0.05) is 26.0 Å². The van der Waals surface area contributed by atoms with Crippen molar-refractivity contribution in [2.75, 3.05) is 18.0 Å². The van der Waals surface area contributed by atoms with Gasteiger partial charge in [-0.05, 0) is 58.4 Å². The van der Waals surface area contributed by atoms with Crippen LogP contribution >= 0.6 is 0 Å². The highest BCUT2D eigenvalue weighted by Gasteiger charge is 2.30. The van der Waals surface area contributed by atoms with E-state index in [0.29, 0.717) is 22.5 Å². The predicted octanol–water partition coefficient (Wildman–Crippen LogP) is 5.67. The second-order valence-electron chi connectivity index (χ2n) is 10.5. The number of carbonyl (C=O) groups is 1. The molecule has 3 rings (SSSR count). The molecule has 1 aliphatic heterocycles. The summed E-state index contributed by atoms with van der Waals surface area (Å²) in [4.78, 5) is 17.9. The fourth-order valence-electron chi connectivity index (χ4n) is 3.75. The number of aromatic nitrogens is 1. The van der Waals surface area contributed by atoms with Crippen molar-refractivity contribution in [1.29, 1.82) is 0 Å². The number of carboxylic acid groups (broad SMARTS) is 1. The van der Waals surface area contributed by atoms with E-state index in [0.717, 1.165) is 25.9 Å². The van der Waals surface area contributed by atoms with E-state index in [1.165, 1.54) is 19.2 Å². The van der Waals surface area contributed by atoms with Gasteiger partial charge in [0.1, 0.15) is 0 Å². The van der Waals surface area contributed by atoms with Crippen LogP contribution in [0.1, 0.15) is 64.3 Å². The van der Waals surface area contributed by atoms with Crippen LogP contribution in [0.15, 0.2) is 18.3 Å². The van der Waals surface area contributed by atoms with Gasteiger partial charge in [0, 0.05) is 41.7 Å². The number of aryl methyl sites for hydroxylation is 2. The van der Waals surface area contributed by atoms with Crippen molar-refractivity contribution in [2.24, 2.45) is 5.41 Å². The standard InChI is InChI=1S/C22H26F2N2O2.C4H10O/c1-13-5-6-15(20(24)19(13)23)17-12-25-14(2)16(11-18(27)28)21(17)26-9-7-22(3,4)8-10-26;1-4(2,3)5/h5-6,12H,7-11H2,1-4H3,(H,27,28);5H,1-3H3. The number of carboxylic acids is 1. The molecule has 0 spiro atoms. The topological polar surface area (TPSA) is 73.7 Å². The van der Waals surface area contributed by atoms with Gasteiger partial charge in [-0.15, -0.1) is 0 Å². The molecule has 5 nitrogen and oxygen atoms in total. The molecule has 1 aliphatic rings. The van der Waals surface area contributed by atoms with E-state index in [1.54, 1.807) is 33.8 Å². The van der Waals surface area contributed by atoms with Gasteiger partial charge in [0.15, 0.2) is 11.6 Å². The molecule has 1 aromatic carbocycles. The first-order valence-corrected chi connectivity index (χ1v) is 11.2. The highest BCUT2D eigenvalue weighted by atomic mass is 19.2. The average molecular weight is 463 g/mol. The molecule has 2 N–H and O–H groups in total. The van der Waals surface area contributed by atoms with Crippen LogP contribution in [-0.4, -0.2) is 39.9 Å². The third-order valence-corrected chi connectivity index (χ3v) is 5.69. The van der Waals surface area contributed by atoms with Crippen molar-refractivity contribution >= 4 is 11.7 Å². The Morgan fingerprint density at radius 1 is 1.09 bits per heavy atom. The second kappa shape index (κ2) is 10.2. The van der Waals surface area contributed by atoms with Gasteiger partial charge in [0.05, 0.1) is 17.7 Å². The largest absolute Gasteiger partial charge is 0.481 e. The van der Waals surface area contributed by atoms with E-state index in [2.05, 4.69) is 23.7 Å². The van der Waals surface area contributed by atoms with Crippen LogP contribution in [-0.2, 0) is 11.2 Å². The lowest BCUT2D eigenvalue weighted by atomic mass is 9.82. The summed E-state index contributed by atoms with van der Waals surface area (Å²) >= 11 is 0. The predicted molar refractivity (Wildman–Crippen MR) is 128 cm³/mol. The molecule has 2 heterocycles. The first-order valence-electron chi connectivity index (χ1n) is 11.2. The minimum absolute atomic E-state index is 0.113. The van der Waals surface area contributed by atoms with Gasteiger partial charge in [0.2, 0.25) is 0 Å². The highest BCUT2D eigenvalue weighted by molar-refractivity contribution is 5.85. The molecule has 0 atom stereocenters. The smallest absolute Gasteiger partial charge is 0.307 e. The normalized spacial score (nSPS) is 15.6. The number of aliphatic carboxylic acids is 1. The number of pyridine rings is 1. The Balaban J connectivity index is 0.000000696. The van der Waals surface area contributed by atoms with Crippen molar-refractivity contribution in [2.45, 2.75) is 73.3 Å². The Labute approximate surface area is 195 Å². The van der Waals surface area contributed by atoms with Gasteiger partial charge < -0.3 is 15.1 Å². The molecule has 182 valence electrons. The minimum atomic E-state index is -0.976. The maximum Gasteiger partial charge on any atom is 0.307 e. The van der Waals surface area contributed by atoms with Crippen molar-refractivity contribution in [3.8, 4) is 11.1 Å². The van der Waals surface area contributed by atoms with E-state index in [1.807, 2.05) is 0 Å². The van der Waals surface area contributed by atoms with Crippen molar-refractivity contribution < 1.29 is 23.8 Å². The molecule has 1 saturated heterocycles. The lowest BCUT2D eigenvalue weighted by molar-refractivity contribution is -0.136. The van der Waals surface area contributed by atoms with Crippen molar-refractivity contribution in [3.63, 3.8) is 0 Å². The van der Waals surface area contributed by atoms with Crippen LogP contribution < -0.4 is 4.90 Å². The zero-order valence-corrected chi connectivity index (χ0v) is 20.7. The number of benzene rings is 1. The number of anilines is 1. The number of piperidine rings is 1. The molecule has 0 radical (unpaired) electrons. The molecule has 0 bridgehead atoms. The first-order chi connectivity index (χ1) is 15.1. The molecule has 1 aromatic heterocycles. The Bertz CT molecular complexity index is 998. The summed E-state index contributed by atoms with van der Waals surface area (Å²) in [6, 6.07) is 3.08. The number of nitrogens with zero attached hydrogens (tertiary/aromatic N) is 2. The fraction of sp³-hybridized carbons (Fsp3) is 0.538. The maximum absolute atomic E-state index is 14.8. The number of rotatable bonds is 4. The first kappa shape index (κ1) is 26.7. The summed E-state index contributed by atoms with van der Waals surface area (Å²) in [5.74, 6) is -2.79. The van der Waals surface area contributed by atoms with Gasteiger partial charge in [-0.25, -0.2) is 8.78 Å². The van der Waals surface area contributed by atoms with E-state index < -0.39 is 23.2 Å². The Hall–Kier alpha value is -2.54. The van der Waals surface area contributed by atoms with Crippen LogP contribution in [0.2, 0.25) is 0 Å². The zero-order valence-electron chi connectivity index (χ0n) is 20.7. The Morgan fingerprint density at radius 2 is 1.64 bits per heavy atom. The quantitative estimate of drug-likeness (QED) is 0.612. The molecule has 0 aliphatic carbocycles. The van der Waals surface area contributed by atoms with Crippen LogP contribution in [0.4, 0.5) is 14.5 Å². The summed E-state index contributed by atoms with van der Waals surface area (Å²) in [5.41, 5.74) is 2.30. The van der Waals surface area contributed by atoms with Crippen LogP contribution in [0, 0.1) is 30.9 Å². The number of halogens is 2. The minimum Gasteiger partial charge on any atom is -0.481 e. The molecular weight excluding hydrogens is 426 g/mol. The molecule has 33 heavy (non-hydrogen) atoms. The fourth-order valence-corrected chi connectivity index (χ4v) is 3.75. The van der Waals surface area contributed by atoms with E-state index in [4.69, 9.17) is 5.11 Å². The van der Waals surface area contributed by atoms with Crippen molar-refractivity contribution in [1.82, 2.24) is 4.98 Å². The zero-order chi connectivity index (χ0) is 25.1. The lowest BCUT2D eigenvalue weighted by Crippen LogP contribution is -2.38.